The number of anilines is 1. The number of benzene rings is 1. The quantitative estimate of drug-likeness (QED) is 0.570. The van der Waals surface area contributed by atoms with Crippen molar-refractivity contribution < 1.29 is 13.3 Å². The Morgan fingerprint density at radius 3 is 2.48 bits per heavy atom. The highest BCUT2D eigenvalue weighted by Gasteiger charge is 2.46. The number of sulfonamides is 1. The van der Waals surface area contributed by atoms with Crippen molar-refractivity contribution in [3.05, 3.63) is 28.3 Å². The maximum Gasteiger partial charge on any atom is 0.293 e. The van der Waals surface area contributed by atoms with Crippen molar-refractivity contribution in [1.82, 2.24) is 4.31 Å². The predicted molar refractivity (Wildman–Crippen MR) is 96.3 cm³/mol. The average molecular weight is 367 g/mol. The molecule has 1 saturated heterocycles. The van der Waals surface area contributed by atoms with Crippen molar-refractivity contribution >= 4 is 21.4 Å². The van der Waals surface area contributed by atoms with Gasteiger partial charge in [-0.1, -0.05) is 13.8 Å². The molecule has 2 fully saturated rings. The van der Waals surface area contributed by atoms with Crippen LogP contribution in [0.1, 0.15) is 39.5 Å². The Balaban J connectivity index is 1.97. The lowest BCUT2D eigenvalue weighted by Crippen LogP contribution is -2.37. The largest absolute Gasteiger partial charge is 0.365 e. The molecule has 1 aromatic rings. The van der Waals surface area contributed by atoms with Gasteiger partial charge in [0.15, 0.2) is 0 Å². The summed E-state index contributed by atoms with van der Waals surface area (Å²) in [5.74, 6) is 0. The van der Waals surface area contributed by atoms with Gasteiger partial charge in [-0.2, -0.15) is 4.31 Å². The molecule has 138 valence electrons. The number of nitrogens with zero attached hydrogens (tertiary/aromatic N) is 3. The third kappa shape index (κ3) is 3.37. The minimum absolute atomic E-state index is 0.00945. The second kappa shape index (κ2) is 6.57. The fourth-order valence-electron chi connectivity index (χ4n) is 3.79. The van der Waals surface area contributed by atoms with Crippen molar-refractivity contribution in [3.63, 3.8) is 0 Å². The van der Waals surface area contributed by atoms with Crippen LogP contribution >= 0.6 is 0 Å². The highest BCUT2D eigenvalue weighted by Crippen LogP contribution is 2.53. The van der Waals surface area contributed by atoms with Gasteiger partial charge < -0.3 is 4.90 Å². The molecule has 0 N–H and O–H groups in total. The van der Waals surface area contributed by atoms with Gasteiger partial charge in [-0.3, -0.25) is 10.1 Å². The molecule has 1 heterocycles. The fraction of sp³-hybridized carbons (Fsp3) is 0.647. The lowest BCUT2D eigenvalue weighted by Gasteiger charge is -2.34. The van der Waals surface area contributed by atoms with E-state index < -0.39 is 14.9 Å². The van der Waals surface area contributed by atoms with E-state index >= 15 is 0 Å². The molecule has 8 heteroatoms. The van der Waals surface area contributed by atoms with Crippen molar-refractivity contribution in [3.8, 4) is 0 Å². The van der Waals surface area contributed by atoms with Crippen LogP contribution in [0.25, 0.3) is 0 Å². The molecule has 1 aliphatic carbocycles. The summed E-state index contributed by atoms with van der Waals surface area (Å²) in [4.78, 5) is 13.2. The molecule has 0 aromatic heterocycles. The average Bonchev–Trinajstić information content (AvgIpc) is 3.33. The zero-order valence-electron chi connectivity index (χ0n) is 14.8. The van der Waals surface area contributed by atoms with Gasteiger partial charge in [-0.15, -0.1) is 0 Å². The minimum atomic E-state index is -3.70. The van der Waals surface area contributed by atoms with Crippen LogP contribution < -0.4 is 4.90 Å². The maximum absolute atomic E-state index is 12.7. The first kappa shape index (κ1) is 18.1. The van der Waals surface area contributed by atoms with Gasteiger partial charge in [0, 0.05) is 32.2 Å². The Hall–Kier alpha value is -1.67. The highest BCUT2D eigenvalue weighted by molar-refractivity contribution is 7.89. The molecule has 25 heavy (non-hydrogen) atoms. The first-order valence-electron chi connectivity index (χ1n) is 8.86. The molecule has 0 amide bonds. The van der Waals surface area contributed by atoms with Crippen LogP contribution in [0.4, 0.5) is 11.4 Å². The first-order chi connectivity index (χ1) is 11.8. The van der Waals surface area contributed by atoms with E-state index in [4.69, 9.17) is 0 Å². The summed E-state index contributed by atoms with van der Waals surface area (Å²) in [5.41, 5.74) is 0.748. The van der Waals surface area contributed by atoms with Gasteiger partial charge in [-0.25, -0.2) is 8.42 Å². The Labute approximate surface area is 148 Å². The summed E-state index contributed by atoms with van der Waals surface area (Å²) in [6.45, 7) is 5.80. The van der Waals surface area contributed by atoms with Crippen LogP contribution in [-0.2, 0) is 10.0 Å². The topological polar surface area (TPSA) is 83.8 Å². The zero-order chi connectivity index (χ0) is 18.2. The summed E-state index contributed by atoms with van der Waals surface area (Å²) >= 11 is 0. The van der Waals surface area contributed by atoms with Crippen LogP contribution in [0, 0.1) is 15.5 Å². The summed E-state index contributed by atoms with van der Waals surface area (Å²) in [7, 11) is -3.70. The molecule has 2 aliphatic rings. The monoisotopic (exact) mass is 367 g/mol. The van der Waals surface area contributed by atoms with E-state index in [1.807, 2.05) is 0 Å². The molecule has 0 atom stereocenters. The zero-order valence-corrected chi connectivity index (χ0v) is 15.6. The van der Waals surface area contributed by atoms with Gasteiger partial charge >= 0.3 is 0 Å². The molecular weight excluding hydrogens is 342 g/mol. The third-order valence-corrected chi connectivity index (χ3v) is 7.49. The fourth-order valence-corrected chi connectivity index (χ4v) is 5.27. The van der Waals surface area contributed by atoms with E-state index in [2.05, 4.69) is 4.90 Å². The van der Waals surface area contributed by atoms with Gasteiger partial charge in [0.05, 0.1) is 9.82 Å². The van der Waals surface area contributed by atoms with E-state index in [0.717, 1.165) is 19.5 Å². The maximum atomic E-state index is 12.7. The van der Waals surface area contributed by atoms with Crippen LogP contribution in [-0.4, -0.2) is 43.8 Å². The lowest BCUT2D eigenvalue weighted by molar-refractivity contribution is -0.384. The summed E-state index contributed by atoms with van der Waals surface area (Å²) in [6, 6.07) is 4.33. The van der Waals surface area contributed by atoms with Gasteiger partial charge in [0.2, 0.25) is 10.0 Å². The standard InChI is InChI=1S/C17H25N3O4S/c1-3-19(4-2)25(23,24)14-6-7-15(16(12-14)20(21)22)18-11-5-8-17(13-18)9-10-17/h6-7,12H,3-5,8-11,13H2,1-2H3. The second-order valence-electron chi connectivity index (χ2n) is 7.02. The number of nitro groups is 1. The summed E-state index contributed by atoms with van der Waals surface area (Å²) in [6.07, 6.45) is 4.58. The SMILES string of the molecule is CCN(CC)S(=O)(=O)c1ccc(N2CCCC3(CC3)C2)c([N+](=O)[O-])c1. The van der Waals surface area contributed by atoms with Gasteiger partial charge in [0.25, 0.3) is 5.69 Å². The normalized spacial score (nSPS) is 19.4. The first-order valence-corrected chi connectivity index (χ1v) is 10.3. The van der Waals surface area contributed by atoms with Gasteiger partial charge in [0.1, 0.15) is 5.69 Å². The number of hydrogen-bond acceptors (Lipinski definition) is 5. The van der Waals surface area contributed by atoms with E-state index in [9.17, 15) is 18.5 Å². The molecule has 0 unspecified atom stereocenters. The molecule has 1 saturated carbocycles. The van der Waals surface area contributed by atoms with Crippen LogP contribution in [0.15, 0.2) is 23.1 Å². The van der Waals surface area contributed by atoms with Crippen molar-refractivity contribution in [2.45, 2.75) is 44.4 Å². The van der Waals surface area contributed by atoms with Crippen molar-refractivity contribution in [2.75, 3.05) is 31.1 Å². The number of nitro benzene ring substituents is 1. The summed E-state index contributed by atoms with van der Waals surface area (Å²) < 4.78 is 26.6. The summed E-state index contributed by atoms with van der Waals surface area (Å²) in [5, 5.41) is 11.6. The van der Waals surface area contributed by atoms with Crippen molar-refractivity contribution in [1.29, 1.82) is 0 Å². The Morgan fingerprint density at radius 1 is 1.24 bits per heavy atom. The third-order valence-electron chi connectivity index (χ3n) is 5.45. The smallest absolute Gasteiger partial charge is 0.293 e. The number of piperidine rings is 1. The van der Waals surface area contributed by atoms with Gasteiger partial charge in [-0.05, 0) is 43.2 Å². The predicted octanol–water partition coefficient (Wildman–Crippen LogP) is 3.01. The van der Waals surface area contributed by atoms with Crippen LogP contribution in [0.5, 0.6) is 0 Å². The molecule has 0 radical (unpaired) electrons. The van der Waals surface area contributed by atoms with E-state index in [0.29, 0.717) is 24.2 Å². The minimum Gasteiger partial charge on any atom is -0.365 e. The molecule has 1 spiro atoms. The van der Waals surface area contributed by atoms with Crippen LogP contribution in [0.3, 0.4) is 0 Å². The Kier molecular flexibility index (Phi) is 4.76. The number of hydrogen-bond donors (Lipinski definition) is 0. The molecule has 1 aromatic carbocycles. The molecule has 1 aliphatic heterocycles. The Morgan fingerprint density at radius 2 is 1.92 bits per heavy atom. The molecular formula is C17H25N3O4S. The molecule has 0 bridgehead atoms. The molecule has 3 rings (SSSR count). The second-order valence-corrected chi connectivity index (χ2v) is 8.96. The van der Waals surface area contributed by atoms with Crippen LogP contribution in [0.2, 0.25) is 0 Å². The number of rotatable bonds is 6. The van der Waals surface area contributed by atoms with Crippen molar-refractivity contribution in [2.24, 2.45) is 5.41 Å². The lowest BCUT2D eigenvalue weighted by atomic mass is 9.94. The molecule has 7 nitrogen and oxygen atoms in total. The van der Waals surface area contributed by atoms with E-state index in [1.165, 1.54) is 35.7 Å². The van der Waals surface area contributed by atoms with E-state index in [-0.39, 0.29) is 10.6 Å². The highest BCUT2D eigenvalue weighted by atomic mass is 32.2. The van der Waals surface area contributed by atoms with E-state index in [1.54, 1.807) is 19.9 Å². The Bertz CT molecular complexity index is 770.